The predicted octanol–water partition coefficient (Wildman–Crippen LogP) is 3.03. The molecule has 1 aliphatic rings. The number of carbonyl (C=O) groups excluding carboxylic acids is 1. The van der Waals surface area contributed by atoms with Crippen molar-refractivity contribution in [1.82, 2.24) is 5.32 Å². The van der Waals surface area contributed by atoms with E-state index in [-0.39, 0.29) is 11.9 Å². The minimum atomic E-state index is 0.0389. The van der Waals surface area contributed by atoms with Gasteiger partial charge in [0.2, 0.25) is 0 Å². The molecule has 3 nitrogen and oxygen atoms in total. The highest BCUT2D eigenvalue weighted by atomic mass is 32.1. The Bertz CT molecular complexity index is 441. The van der Waals surface area contributed by atoms with Crippen LogP contribution >= 0.6 is 11.3 Å². The summed E-state index contributed by atoms with van der Waals surface area (Å²) in [5.74, 6) is 0.836. The molecule has 0 aromatic carbocycles. The quantitative estimate of drug-likeness (QED) is 0.901. The average Bonchev–Trinajstić information content (AvgIpc) is 2.81. The Hall–Kier alpha value is -0.870. The number of hydrogen-bond donors (Lipinski definition) is 1. The van der Waals surface area contributed by atoms with Crippen molar-refractivity contribution in [2.45, 2.75) is 45.6 Å². The van der Waals surface area contributed by atoms with Crippen LogP contribution in [-0.2, 0) is 17.6 Å². The minimum Gasteiger partial charge on any atom is -0.383 e. The molecule has 0 radical (unpaired) electrons. The largest absolute Gasteiger partial charge is 0.383 e. The lowest BCUT2D eigenvalue weighted by Crippen LogP contribution is -2.35. The van der Waals surface area contributed by atoms with Gasteiger partial charge in [0.05, 0.1) is 11.5 Å². The molecule has 1 heterocycles. The third-order valence-corrected chi connectivity index (χ3v) is 5.02. The number of rotatable bonds is 5. The van der Waals surface area contributed by atoms with Crippen LogP contribution in [-0.4, -0.2) is 25.7 Å². The number of amides is 1. The van der Waals surface area contributed by atoms with Gasteiger partial charge in [0.1, 0.15) is 0 Å². The fourth-order valence-corrected chi connectivity index (χ4v) is 3.76. The summed E-state index contributed by atoms with van der Waals surface area (Å²) in [4.78, 5) is 14.4. The molecule has 0 saturated carbocycles. The molecule has 1 aromatic rings. The molecule has 1 aromatic heterocycles. The van der Waals surface area contributed by atoms with Crippen LogP contribution < -0.4 is 5.32 Å². The number of carbonyl (C=O) groups is 1. The van der Waals surface area contributed by atoms with Crippen LogP contribution in [0.2, 0.25) is 0 Å². The van der Waals surface area contributed by atoms with Crippen molar-refractivity contribution in [3.05, 3.63) is 21.4 Å². The lowest BCUT2D eigenvalue weighted by molar-refractivity contribution is 0.0909. The normalized spacial score (nSPS) is 19.8. The summed E-state index contributed by atoms with van der Waals surface area (Å²) in [7, 11) is 1.65. The van der Waals surface area contributed by atoms with Gasteiger partial charge in [0.25, 0.3) is 5.91 Å². The standard InChI is InChI=1S/C15H23NO2S/c1-4-11-5-6-13-12(7-11)8-14(19-13)15(17)16-10(2)9-18-3/h8,10-11H,4-7,9H2,1-3H3,(H,16,17)/t10-,11+/m0/s1. The Morgan fingerprint density at radius 3 is 3.11 bits per heavy atom. The van der Waals surface area contributed by atoms with Crippen molar-refractivity contribution < 1.29 is 9.53 Å². The molecule has 0 spiro atoms. The zero-order valence-electron chi connectivity index (χ0n) is 12.0. The molecule has 0 saturated heterocycles. The van der Waals surface area contributed by atoms with Crippen molar-refractivity contribution in [1.29, 1.82) is 0 Å². The van der Waals surface area contributed by atoms with Gasteiger partial charge in [-0.2, -0.15) is 0 Å². The summed E-state index contributed by atoms with van der Waals surface area (Å²) >= 11 is 1.66. The Labute approximate surface area is 119 Å². The zero-order chi connectivity index (χ0) is 13.8. The lowest BCUT2D eigenvalue weighted by atomic mass is 9.87. The van der Waals surface area contributed by atoms with Crippen molar-refractivity contribution in [2.24, 2.45) is 5.92 Å². The highest BCUT2D eigenvalue weighted by Crippen LogP contribution is 2.33. The van der Waals surface area contributed by atoms with E-state index in [0.29, 0.717) is 6.61 Å². The van der Waals surface area contributed by atoms with Crippen molar-refractivity contribution in [3.8, 4) is 0 Å². The summed E-state index contributed by atoms with van der Waals surface area (Å²) in [5, 5.41) is 2.98. The summed E-state index contributed by atoms with van der Waals surface area (Å²) in [6, 6.07) is 2.15. The predicted molar refractivity (Wildman–Crippen MR) is 78.9 cm³/mol. The maximum absolute atomic E-state index is 12.1. The van der Waals surface area contributed by atoms with E-state index in [9.17, 15) is 4.79 Å². The molecule has 1 N–H and O–H groups in total. The van der Waals surface area contributed by atoms with Crippen LogP contribution in [0.4, 0.5) is 0 Å². The summed E-state index contributed by atoms with van der Waals surface area (Å²) in [5.41, 5.74) is 1.40. The molecule has 19 heavy (non-hydrogen) atoms. The van der Waals surface area contributed by atoms with Crippen molar-refractivity contribution in [3.63, 3.8) is 0 Å². The summed E-state index contributed by atoms with van der Waals surface area (Å²) in [6.07, 6.45) is 4.79. The van der Waals surface area contributed by atoms with Crippen LogP contribution in [0, 0.1) is 5.92 Å². The van der Waals surface area contributed by atoms with E-state index in [1.165, 1.54) is 23.3 Å². The number of ether oxygens (including phenoxy) is 1. The second kappa shape index (κ2) is 6.53. The molecule has 4 heteroatoms. The first-order valence-electron chi connectivity index (χ1n) is 7.05. The van der Waals surface area contributed by atoms with Crippen molar-refractivity contribution in [2.75, 3.05) is 13.7 Å². The first kappa shape index (κ1) is 14.5. The molecular weight excluding hydrogens is 258 g/mol. The molecule has 1 aliphatic carbocycles. The van der Waals surface area contributed by atoms with Gasteiger partial charge in [-0.3, -0.25) is 4.79 Å². The molecule has 0 bridgehead atoms. The van der Waals surface area contributed by atoms with Crippen molar-refractivity contribution >= 4 is 17.2 Å². The topological polar surface area (TPSA) is 38.3 Å². The number of fused-ring (bicyclic) bond motifs is 1. The van der Waals surface area contributed by atoms with E-state index >= 15 is 0 Å². The van der Waals surface area contributed by atoms with Gasteiger partial charge in [-0.15, -0.1) is 11.3 Å². The Kier molecular flexibility index (Phi) is 4.99. The minimum absolute atomic E-state index is 0.0389. The van der Waals surface area contributed by atoms with Gasteiger partial charge < -0.3 is 10.1 Å². The SMILES string of the molecule is CC[C@@H]1CCc2sc(C(=O)N[C@@H](C)COC)cc2C1. The maximum atomic E-state index is 12.1. The number of hydrogen-bond acceptors (Lipinski definition) is 3. The molecule has 106 valence electrons. The van der Waals surface area contributed by atoms with Crippen LogP contribution in [0.15, 0.2) is 6.07 Å². The monoisotopic (exact) mass is 281 g/mol. The molecule has 2 atom stereocenters. The third kappa shape index (κ3) is 3.57. The Morgan fingerprint density at radius 1 is 1.63 bits per heavy atom. The fourth-order valence-electron chi connectivity index (χ4n) is 2.65. The first-order chi connectivity index (χ1) is 9.13. The number of methoxy groups -OCH3 is 1. The zero-order valence-corrected chi connectivity index (χ0v) is 12.8. The van der Waals surface area contributed by atoms with E-state index in [0.717, 1.165) is 23.6 Å². The number of thiophene rings is 1. The van der Waals surface area contributed by atoms with Gasteiger partial charge in [0.15, 0.2) is 0 Å². The fraction of sp³-hybridized carbons (Fsp3) is 0.667. The molecule has 1 amide bonds. The van der Waals surface area contributed by atoms with Gasteiger partial charge >= 0.3 is 0 Å². The smallest absolute Gasteiger partial charge is 0.261 e. The molecule has 2 rings (SSSR count). The second-order valence-electron chi connectivity index (χ2n) is 5.41. The van der Waals surface area contributed by atoms with E-state index < -0.39 is 0 Å². The number of nitrogens with one attached hydrogen (secondary N) is 1. The van der Waals surface area contributed by atoms with Crippen LogP contribution in [0.5, 0.6) is 0 Å². The van der Waals surface area contributed by atoms with Crippen LogP contribution in [0.1, 0.15) is 46.8 Å². The third-order valence-electron chi connectivity index (χ3n) is 3.78. The lowest BCUT2D eigenvalue weighted by Gasteiger charge is -2.19. The van der Waals surface area contributed by atoms with E-state index in [1.54, 1.807) is 18.4 Å². The van der Waals surface area contributed by atoms with E-state index in [1.807, 2.05) is 6.92 Å². The van der Waals surface area contributed by atoms with Gasteiger partial charge in [-0.25, -0.2) is 0 Å². The highest BCUT2D eigenvalue weighted by Gasteiger charge is 2.22. The number of aryl methyl sites for hydroxylation is 1. The van der Waals surface area contributed by atoms with Gasteiger partial charge in [-0.05, 0) is 43.7 Å². The summed E-state index contributed by atoms with van der Waals surface area (Å²) in [6.45, 7) is 4.76. The highest BCUT2D eigenvalue weighted by molar-refractivity contribution is 7.14. The molecule has 0 unspecified atom stereocenters. The van der Waals surface area contributed by atoms with E-state index in [4.69, 9.17) is 4.74 Å². The average molecular weight is 281 g/mol. The molecular formula is C15H23NO2S. The Morgan fingerprint density at radius 2 is 2.42 bits per heavy atom. The first-order valence-corrected chi connectivity index (χ1v) is 7.87. The van der Waals surface area contributed by atoms with Crippen LogP contribution in [0.25, 0.3) is 0 Å². The molecule has 0 fully saturated rings. The second-order valence-corrected chi connectivity index (χ2v) is 6.54. The van der Waals surface area contributed by atoms with Gasteiger partial charge in [0, 0.05) is 18.0 Å². The van der Waals surface area contributed by atoms with E-state index in [2.05, 4.69) is 18.3 Å². The maximum Gasteiger partial charge on any atom is 0.261 e. The van der Waals surface area contributed by atoms with Gasteiger partial charge in [-0.1, -0.05) is 13.3 Å². The summed E-state index contributed by atoms with van der Waals surface area (Å²) < 4.78 is 5.04. The Balaban J connectivity index is 2.02. The molecule has 0 aliphatic heterocycles. The van der Waals surface area contributed by atoms with Crippen LogP contribution in [0.3, 0.4) is 0 Å².